The normalized spacial score (nSPS) is 11.9. The Morgan fingerprint density at radius 3 is 0.845 bits per heavy atom. The Morgan fingerprint density at radius 1 is 0.328 bits per heavy atom. The first-order chi connectivity index (χ1) is 28.4. The second-order valence-corrected chi connectivity index (χ2v) is 18.3. The van der Waals surface area contributed by atoms with E-state index in [9.17, 15) is 14.4 Å². The lowest BCUT2D eigenvalue weighted by molar-refractivity contribution is -0.167. The molecule has 0 rings (SSSR count). The van der Waals surface area contributed by atoms with Crippen LogP contribution in [0, 0.1) is 5.92 Å². The van der Waals surface area contributed by atoms with Crippen molar-refractivity contribution in [1.82, 2.24) is 0 Å². The lowest BCUT2D eigenvalue weighted by Crippen LogP contribution is -2.30. The molecule has 6 heteroatoms. The largest absolute Gasteiger partial charge is 0.462 e. The Morgan fingerprint density at radius 2 is 0.569 bits per heavy atom. The molecule has 0 aromatic rings. The molecule has 0 heterocycles. The second-order valence-electron chi connectivity index (χ2n) is 18.3. The van der Waals surface area contributed by atoms with E-state index < -0.39 is 6.10 Å². The summed E-state index contributed by atoms with van der Waals surface area (Å²) in [5.41, 5.74) is 0. The highest BCUT2D eigenvalue weighted by Gasteiger charge is 2.19. The van der Waals surface area contributed by atoms with Gasteiger partial charge in [-0.3, -0.25) is 14.4 Å². The van der Waals surface area contributed by atoms with Crippen LogP contribution in [0.1, 0.15) is 291 Å². The maximum absolute atomic E-state index is 12.7. The van der Waals surface area contributed by atoms with Crippen LogP contribution in [0.15, 0.2) is 0 Å². The van der Waals surface area contributed by atoms with Gasteiger partial charge in [0, 0.05) is 19.3 Å². The Kier molecular flexibility index (Phi) is 45.2. The second kappa shape index (κ2) is 46.5. The maximum atomic E-state index is 12.7. The molecule has 0 aliphatic carbocycles. The first-order valence-electron chi connectivity index (χ1n) is 25.9. The molecule has 58 heavy (non-hydrogen) atoms. The zero-order valence-corrected chi connectivity index (χ0v) is 39.5. The fourth-order valence-electron chi connectivity index (χ4n) is 7.86. The molecule has 0 aliphatic heterocycles. The predicted molar refractivity (Wildman–Crippen MR) is 247 cm³/mol. The van der Waals surface area contributed by atoms with Gasteiger partial charge >= 0.3 is 17.9 Å². The zero-order valence-electron chi connectivity index (χ0n) is 39.5. The Labute approximate surface area is 361 Å². The molecule has 0 aromatic heterocycles. The molecular weight excluding hydrogens is 721 g/mol. The van der Waals surface area contributed by atoms with Gasteiger partial charge in [-0.05, 0) is 25.2 Å². The lowest BCUT2D eigenvalue weighted by atomic mass is 10.0. The number of esters is 3. The van der Waals surface area contributed by atoms with Crippen LogP contribution < -0.4 is 0 Å². The first-order valence-corrected chi connectivity index (χ1v) is 25.9. The Bertz CT molecular complexity index is 872. The third-order valence-corrected chi connectivity index (χ3v) is 11.8. The van der Waals surface area contributed by atoms with E-state index >= 15 is 0 Å². The number of hydrogen-bond donors (Lipinski definition) is 0. The molecule has 0 N–H and O–H groups in total. The van der Waals surface area contributed by atoms with Gasteiger partial charge in [0.25, 0.3) is 0 Å². The Hall–Kier alpha value is -1.59. The van der Waals surface area contributed by atoms with Gasteiger partial charge in [-0.1, -0.05) is 252 Å². The topological polar surface area (TPSA) is 78.9 Å². The summed E-state index contributed by atoms with van der Waals surface area (Å²) >= 11 is 0. The molecule has 6 nitrogen and oxygen atoms in total. The highest BCUT2D eigenvalue weighted by Crippen LogP contribution is 2.17. The average molecular weight is 821 g/mol. The van der Waals surface area contributed by atoms with Crippen molar-refractivity contribution in [3.63, 3.8) is 0 Å². The summed E-state index contributed by atoms with van der Waals surface area (Å²) in [4.78, 5) is 37.8. The molecule has 1 atom stereocenters. The number of carbonyl (C=O) groups is 3. The molecule has 0 saturated heterocycles. The van der Waals surface area contributed by atoms with Gasteiger partial charge < -0.3 is 14.2 Å². The van der Waals surface area contributed by atoms with Gasteiger partial charge in [0.05, 0.1) is 0 Å². The minimum absolute atomic E-state index is 0.0632. The molecule has 0 spiro atoms. The summed E-state index contributed by atoms with van der Waals surface area (Å²) < 4.78 is 16.7. The molecule has 0 radical (unpaired) electrons. The van der Waals surface area contributed by atoms with Crippen molar-refractivity contribution in [2.75, 3.05) is 13.2 Å². The molecule has 0 fully saturated rings. The SMILES string of the molecule is CCCCCCCCCCCCCCCCCCCCC(=O)OC[C@H](COC(=O)CCCCCCCCC)OC(=O)CCCCCCCCCCCCCCC(C)C. The van der Waals surface area contributed by atoms with Crippen molar-refractivity contribution in [1.29, 1.82) is 0 Å². The summed E-state index contributed by atoms with van der Waals surface area (Å²) in [6.07, 6.45) is 48.2. The van der Waals surface area contributed by atoms with Crippen LogP contribution >= 0.6 is 0 Å². The highest BCUT2D eigenvalue weighted by atomic mass is 16.6. The minimum atomic E-state index is -0.759. The van der Waals surface area contributed by atoms with E-state index in [0.29, 0.717) is 19.3 Å². The molecule has 0 bridgehead atoms. The van der Waals surface area contributed by atoms with Crippen molar-refractivity contribution < 1.29 is 28.6 Å². The van der Waals surface area contributed by atoms with E-state index in [1.807, 2.05) is 0 Å². The van der Waals surface area contributed by atoms with Crippen LogP contribution in [0.25, 0.3) is 0 Å². The summed E-state index contributed by atoms with van der Waals surface area (Å²) in [5.74, 6) is -0.0196. The summed E-state index contributed by atoms with van der Waals surface area (Å²) in [6, 6.07) is 0. The molecule has 344 valence electrons. The Balaban J connectivity index is 4.18. The van der Waals surface area contributed by atoms with Crippen molar-refractivity contribution in [2.24, 2.45) is 5.92 Å². The van der Waals surface area contributed by atoms with E-state index in [-0.39, 0.29) is 31.1 Å². The van der Waals surface area contributed by atoms with Crippen LogP contribution in [-0.4, -0.2) is 37.2 Å². The zero-order chi connectivity index (χ0) is 42.4. The van der Waals surface area contributed by atoms with Crippen molar-refractivity contribution in [3.05, 3.63) is 0 Å². The number of carbonyl (C=O) groups excluding carboxylic acids is 3. The fourth-order valence-corrected chi connectivity index (χ4v) is 7.86. The number of unbranched alkanes of at least 4 members (excludes halogenated alkanes) is 34. The summed E-state index contributed by atoms with van der Waals surface area (Å²) in [6.45, 7) is 8.99. The monoisotopic (exact) mass is 821 g/mol. The number of rotatable bonds is 47. The first kappa shape index (κ1) is 56.4. The lowest BCUT2D eigenvalue weighted by Gasteiger charge is -2.18. The van der Waals surface area contributed by atoms with Gasteiger partial charge in [-0.15, -0.1) is 0 Å². The predicted octanol–water partition coefficient (Wildman–Crippen LogP) is 16.7. The molecule has 0 aliphatic rings. The minimum Gasteiger partial charge on any atom is -0.462 e. The highest BCUT2D eigenvalue weighted by molar-refractivity contribution is 5.71. The molecule has 0 unspecified atom stereocenters. The van der Waals surface area contributed by atoms with Crippen molar-refractivity contribution in [2.45, 2.75) is 297 Å². The van der Waals surface area contributed by atoms with Crippen molar-refractivity contribution >= 4 is 17.9 Å². The quantitative estimate of drug-likeness (QED) is 0.0346. The van der Waals surface area contributed by atoms with E-state index in [1.165, 1.54) is 186 Å². The van der Waals surface area contributed by atoms with Gasteiger partial charge in [0.2, 0.25) is 0 Å². The van der Waals surface area contributed by atoms with Crippen molar-refractivity contribution in [3.8, 4) is 0 Å². The van der Waals surface area contributed by atoms with Crippen LogP contribution in [0.5, 0.6) is 0 Å². The van der Waals surface area contributed by atoms with Crippen LogP contribution in [-0.2, 0) is 28.6 Å². The van der Waals surface area contributed by atoms with E-state index in [4.69, 9.17) is 14.2 Å². The number of hydrogen-bond acceptors (Lipinski definition) is 6. The van der Waals surface area contributed by atoms with E-state index in [1.54, 1.807) is 0 Å². The summed E-state index contributed by atoms with van der Waals surface area (Å²) in [7, 11) is 0. The van der Waals surface area contributed by atoms with Crippen LogP contribution in [0.4, 0.5) is 0 Å². The maximum Gasteiger partial charge on any atom is 0.306 e. The third kappa shape index (κ3) is 45.5. The van der Waals surface area contributed by atoms with Crippen LogP contribution in [0.3, 0.4) is 0 Å². The van der Waals surface area contributed by atoms with Gasteiger partial charge in [-0.25, -0.2) is 0 Å². The van der Waals surface area contributed by atoms with E-state index in [2.05, 4.69) is 27.7 Å². The van der Waals surface area contributed by atoms with Gasteiger partial charge in [-0.2, -0.15) is 0 Å². The van der Waals surface area contributed by atoms with Gasteiger partial charge in [0.1, 0.15) is 13.2 Å². The van der Waals surface area contributed by atoms with Crippen LogP contribution in [0.2, 0.25) is 0 Å². The standard InChI is InChI=1S/C52H100O6/c1-5-7-9-11-13-14-15-16-17-18-19-20-21-25-28-32-36-40-44-51(54)57-47-49(46-56-50(53)43-39-35-30-12-10-8-6-2)58-52(55)45-41-37-33-29-26-23-22-24-27-31-34-38-42-48(3)4/h48-49H,5-47H2,1-4H3/t49-/m0/s1. The smallest absolute Gasteiger partial charge is 0.306 e. The molecule has 0 amide bonds. The van der Waals surface area contributed by atoms with E-state index in [0.717, 1.165) is 63.7 Å². The third-order valence-electron chi connectivity index (χ3n) is 11.8. The fraction of sp³-hybridized carbons (Fsp3) is 0.942. The molecule has 0 aromatic carbocycles. The molecule has 0 saturated carbocycles. The van der Waals surface area contributed by atoms with Gasteiger partial charge in [0.15, 0.2) is 6.10 Å². The summed E-state index contributed by atoms with van der Waals surface area (Å²) in [5, 5.41) is 0. The molecular formula is C52H100O6. The number of ether oxygens (including phenoxy) is 3. The average Bonchev–Trinajstić information content (AvgIpc) is 3.21.